The van der Waals surface area contributed by atoms with Gasteiger partial charge in [-0.3, -0.25) is 0 Å². The molecule has 3 heteroatoms. The fraction of sp³-hybridized carbons (Fsp3) is 0.476. The van der Waals surface area contributed by atoms with E-state index < -0.39 is 5.60 Å². The summed E-state index contributed by atoms with van der Waals surface area (Å²) in [7, 11) is 0. The van der Waals surface area contributed by atoms with Gasteiger partial charge in [0.05, 0.1) is 12.2 Å². The first-order valence-electron chi connectivity index (χ1n) is 8.42. The van der Waals surface area contributed by atoms with Crippen molar-refractivity contribution < 1.29 is 14.3 Å². The average Bonchev–Trinajstić information content (AvgIpc) is 2.52. The maximum atomic E-state index is 12.0. The number of esters is 1. The van der Waals surface area contributed by atoms with Gasteiger partial charge in [-0.1, -0.05) is 48.9 Å². The maximum Gasteiger partial charge on any atom is 0.331 e. The second kappa shape index (κ2) is 9.43. The third-order valence-electron chi connectivity index (χ3n) is 4.08. The summed E-state index contributed by atoms with van der Waals surface area (Å²) in [5.41, 5.74) is 1.61. The van der Waals surface area contributed by atoms with E-state index in [1.54, 1.807) is 0 Å². The summed E-state index contributed by atoms with van der Waals surface area (Å²) in [4.78, 5) is 12.0. The molecule has 0 fully saturated rings. The van der Waals surface area contributed by atoms with Gasteiger partial charge in [0.25, 0.3) is 0 Å². The van der Waals surface area contributed by atoms with Crippen molar-refractivity contribution in [3.8, 4) is 0 Å². The summed E-state index contributed by atoms with van der Waals surface area (Å²) in [5, 5.41) is 0. The number of carbonyl (C=O) groups excluding carboxylic acids is 1. The Labute approximate surface area is 146 Å². The van der Waals surface area contributed by atoms with E-state index in [1.165, 1.54) is 6.08 Å². The monoisotopic (exact) mass is 330 g/mol. The predicted molar refractivity (Wildman–Crippen MR) is 98.6 cm³/mol. The summed E-state index contributed by atoms with van der Waals surface area (Å²) in [6, 6.07) is 10.1. The average molecular weight is 330 g/mol. The Morgan fingerprint density at radius 2 is 1.83 bits per heavy atom. The van der Waals surface area contributed by atoms with Crippen molar-refractivity contribution in [2.45, 2.75) is 59.9 Å². The van der Waals surface area contributed by atoms with Crippen LogP contribution in [0, 0.1) is 5.92 Å². The van der Waals surface area contributed by atoms with Crippen LogP contribution in [0.3, 0.4) is 0 Å². The van der Waals surface area contributed by atoms with Crippen LogP contribution in [0.4, 0.5) is 0 Å². The molecule has 24 heavy (non-hydrogen) atoms. The lowest BCUT2D eigenvalue weighted by Gasteiger charge is -2.35. The molecule has 0 saturated heterocycles. The van der Waals surface area contributed by atoms with Gasteiger partial charge in [0, 0.05) is 12.0 Å². The first-order valence-corrected chi connectivity index (χ1v) is 8.42. The molecule has 3 nitrogen and oxygen atoms in total. The van der Waals surface area contributed by atoms with E-state index in [-0.39, 0.29) is 18.0 Å². The molecule has 0 saturated carbocycles. The molecular formula is C21H30O3. The molecule has 132 valence electrons. The summed E-state index contributed by atoms with van der Waals surface area (Å²) < 4.78 is 11.7. The molecule has 0 amide bonds. The number of ether oxygens (including phenoxy) is 2. The van der Waals surface area contributed by atoms with Crippen LogP contribution in [-0.2, 0) is 20.9 Å². The zero-order chi connectivity index (χ0) is 18.2. The van der Waals surface area contributed by atoms with E-state index in [9.17, 15) is 4.79 Å². The van der Waals surface area contributed by atoms with Crippen LogP contribution in [0.25, 0.3) is 0 Å². The minimum absolute atomic E-state index is 0.00641. The zero-order valence-electron chi connectivity index (χ0n) is 15.7. The first kappa shape index (κ1) is 20.2. The number of rotatable bonds is 8. The third kappa shape index (κ3) is 6.71. The highest BCUT2D eigenvalue weighted by Crippen LogP contribution is 2.28. The Kier molecular flexibility index (Phi) is 7.93. The highest BCUT2D eigenvalue weighted by Gasteiger charge is 2.34. The third-order valence-corrected chi connectivity index (χ3v) is 4.08. The van der Waals surface area contributed by atoms with Gasteiger partial charge in [0.15, 0.2) is 0 Å². The Bertz CT molecular complexity index is 566. The Hall–Kier alpha value is -1.87. The summed E-state index contributed by atoms with van der Waals surface area (Å²) >= 11 is 0. The zero-order valence-corrected chi connectivity index (χ0v) is 15.7. The van der Waals surface area contributed by atoms with Crippen LogP contribution in [0.15, 0.2) is 54.1 Å². The summed E-state index contributed by atoms with van der Waals surface area (Å²) in [5.74, 6) is -0.310. The van der Waals surface area contributed by atoms with Crippen LogP contribution in [0.5, 0.6) is 0 Å². The van der Waals surface area contributed by atoms with Crippen molar-refractivity contribution in [3.63, 3.8) is 0 Å². The van der Waals surface area contributed by atoms with Gasteiger partial charge >= 0.3 is 5.97 Å². The van der Waals surface area contributed by atoms with E-state index in [1.807, 2.05) is 84.0 Å². The normalized spacial score (nSPS) is 14.2. The Morgan fingerprint density at radius 1 is 1.21 bits per heavy atom. The summed E-state index contributed by atoms with van der Waals surface area (Å²) in [6.45, 7) is 12.3. The van der Waals surface area contributed by atoms with Gasteiger partial charge in [-0.15, -0.1) is 0 Å². The van der Waals surface area contributed by atoms with E-state index >= 15 is 0 Å². The van der Waals surface area contributed by atoms with Crippen molar-refractivity contribution in [1.82, 2.24) is 0 Å². The molecule has 0 unspecified atom stereocenters. The van der Waals surface area contributed by atoms with E-state index in [2.05, 4.69) is 0 Å². The fourth-order valence-electron chi connectivity index (χ4n) is 2.27. The van der Waals surface area contributed by atoms with Crippen LogP contribution in [-0.4, -0.2) is 17.7 Å². The van der Waals surface area contributed by atoms with E-state index in [0.717, 1.165) is 11.1 Å². The molecule has 0 aromatic heterocycles. The minimum atomic E-state index is -0.439. The van der Waals surface area contributed by atoms with Crippen molar-refractivity contribution in [3.05, 3.63) is 59.7 Å². The number of hydrogen-bond donors (Lipinski definition) is 0. The molecule has 1 aromatic carbocycles. The van der Waals surface area contributed by atoms with Crippen LogP contribution in [0.1, 0.15) is 47.1 Å². The van der Waals surface area contributed by atoms with Gasteiger partial charge < -0.3 is 9.47 Å². The molecule has 0 aliphatic heterocycles. The van der Waals surface area contributed by atoms with Crippen molar-refractivity contribution in [2.24, 2.45) is 5.92 Å². The van der Waals surface area contributed by atoms with Gasteiger partial charge in [-0.05, 0) is 46.3 Å². The largest absolute Gasteiger partial charge is 0.455 e. The molecule has 0 heterocycles. The Balaban J connectivity index is 2.77. The standard InChI is InChI=1S/C21H30O3/c1-7-11-19(24-20(22)14-16(2)3)17(4)21(5,6)23-15-18-12-9-8-10-13-18/h7-14,17,19H,15H2,1-6H3/b11-7+/t17-,19+/m0/s1. The lowest BCUT2D eigenvalue weighted by atomic mass is 9.87. The van der Waals surface area contributed by atoms with Crippen molar-refractivity contribution in [2.75, 3.05) is 0 Å². The molecule has 1 aromatic rings. The molecular weight excluding hydrogens is 300 g/mol. The molecule has 0 N–H and O–H groups in total. The molecule has 0 aliphatic rings. The molecule has 2 atom stereocenters. The van der Waals surface area contributed by atoms with E-state index in [4.69, 9.17) is 9.47 Å². The van der Waals surface area contributed by atoms with Gasteiger partial charge in [0.1, 0.15) is 6.10 Å². The lowest BCUT2D eigenvalue weighted by molar-refractivity contribution is -0.150. The topological polar surface area (TPSA) is 35.5 Å². The van der Waals surface area contributed by atoms with Crippen LogP contribution in [0.2, 0.25) is 0 Å². The van der Waals surface area contributed by atoms with Crippen molar-refractivity contribution in [1.29, 1.82) is 0 Å². The predicted octanol–water partition coefficient (Wildman–Crippen LogP) is 5.07. The second-order valence-corrected chi connectivity index (χ2v) is 6.82. The highest BCUT2D eigenvalue weighted by atomic mass is 16.5. The minimum Gasteiger partial charge on any atom is -0.455 e. The number of carbonyl (C=O) groups is 1. The highest BCUT2D eigenvalue weighted by molar-refractivity contribution is 5.82. The summed E-state index contributed by atoms with van der Waals surface area (Å²) in [6.07, 6.45) is 5.00. The molecule has 0 aliphatic carbocycles. The van der Waals surface area contributed by atoms with Crippen molar-refractivity contribution >= 4 is 5.97 Å². The fourth-order valence-corrected chi connectivity index (χ4v) is 2.27. The maximum absolute atomic E-state index is 12.0. The number of allylic oxidation sites excluding steroid dienone is 2. The van der Waals surface area contributed by atoms with E-state index in [0.29, 0.717) is 6.61 Å². The quantitative estimate of drug-likeness (QED) is 0.379. The second-order valence-electron chi connectivity index (χ2n) is 6.82. The number of hydrogen-bond acceptors (Lipinski definition) is 3. The lowest BCUT2D eigenvalue weighted by Crippen LogP contribution is -2.41. The molecule has 0 radical (unpaired) electrons. The smallest absolute Gasteiger partial charge is 0.331 e. The van der Waals surface area contributed by atoms with Crippen LogP contribution >= 0.6 is 0 Å². The van der Waals surface area contributed by atoms with Crippen LogP contribution < -0.4 is 0 Å². The molecule has 1 rings (SSSR count). The Morgan fingerprint density at radius 3 is 2.38 bits per heavy atom. The number of benzene rings is 1. The molecule has 0 bridgehead atoms. The van der Waals surface area contributed by atoms with Gasteiger partial charge in [-0.2, -0.15) is 0 Å². The molecule has 0 spiro atoms. The van der Waals surface area contributed by atoms with Gasteiger partial charge in [-0.25, -0.2) is 4.79 Å². The first-order chi connectivity index (χ1) is 11.3. The van der Waals surface area contributed by atoms with Gasteiger partial charge in [0.2, 0.25) is 0 Å². The SMILES string of the molecule is C/C=C/[C@@H](OC(=O)C=C(C)C)[C@H](C)C(C)(C)OCc1ccccc1.